The molecule has 0 aliphatic rings. The summed E-state index contributed by atoms with van der Waals surface area (Å²) in [5.74, 6) is 0.336. The van der Waals surface area contributed by atoms with Gasteiger partial charge in [-0.3, -0.25) is 9.48 Å². The molecule has 2 rings (SSSR count). The number of carbonyl (C=O) groups excluding carboxylic acids is 1. The van der Waals surface area contributed by atoms with Gasteiger partial charge in [-0.2, -0.15) is 5.10 Å². The van der Waals surface area contributed by atoms with Crippen molar-refractivity contribution in [1.82, 2.24) is 15.1 Å². The highest BCUT2D eigenvalue weighted by atomic mass is 16.5. The summed E-state index contributed by atoms with van der Waals surface area (Å²) in [6.45, 7) is 3.06. The molecule has 20 heavy (non-hydrogen) atoms. The first-order valence-electron chi connectivity index (χ1n) is 6.38. The van der Waals surface area contributed by atoms with Gasteiger partial charge < -0.3 is 15.8 Å². The van der Waals surface area contributed by atoms with Crippen molar-refractivity contribution in [3.8, 4) is 5.75 Å². The van der Waals surface area contributed by atoms with Gasteiger partial charge in [-0.05, 0) is 24.6 Å². The van der Waals surface area contributed by atoms with Gasteiger partial charge in [0.2, 0.25) is 0 Å². The van der Waals surface area contributed by atoms with Gasteiger partial charge in [0.05, 0.1) is 18.4 Å². The van der Waals surface area contributed by atoms with Crippen molar-refractivity contribution in [3.63, 3.8) is 0 Å². The number of aromatic nitrogens is 2. The van der Waals surface area contributed by atoms with E-state index in [9.17, 15) is 4.79 Å². The van der Waals surface area contributed by atoms with Crippen molar-refractivity contribution in [2.24, 2.45) is 0 Å². The van der Waals surface area contributed by atoms with Crippen molar-refractivity contribution >= 4 is 11.6 Å². The molecule has 0 aliphatic carbocycles. The van der Waals surface area contributed by atoms with Crippen LogP contribution in [-0.4, -0.2) is 28.8 Å². The second-order valence-corrected chi connectivity index (χ2v) is 4.46. The number of aryl methyl sites for hydroxylation is 1. The molecule has 6 nitrogen and oxygen atoms in total. The molecule has 106 valence electrons. The third-order valence-corrected chi connectivity index (χ3v) is 2.70. The smallest absolute Gasteiger partial charge is 0.258 e. The van der Waals surface area contributed by atoms with Crippen LogP contribution >= 0.6 is 0 Å². The summed E-state index contributed by atoms with van der Waals surface area (Å²) in [6.07, 6.45) is 3.70. The van der Waals surface area contributed by atoms with Crippen molar-refractivity contribution in [1.29, 1.82) is 0 Å². The number of carbonyl (C=O) groups is 1. The number of nitrogens with one attached hydrogen (secondary N) is 1. The Kier molecular flexibility index (Phi) is 4.60. The van der Waals surface area contributed by atoms with Crippen molar-refractivity contribution in [2.45, 2.75) is 13.5 Å². The van der Waals surface area contributed by atoms with Crippen LogP contribution < -0.4 is 15.8 Å². The SMILES string of the molecule is Cc1cnn(CCNC(=O)COc2ccccc2N)c1. The van der Waals surface area contributed by atoms with Crippen LogP contribution in [0.3, 0.4) is 0 Å². The first-order valence-corrected chi connectivity index (χ1v) is 6.38. The Hall–Kier alpha value is -2.50. The Morgan fingerprint density at radius 3 is 2.95 bits per heavy atom. The van der Waals surface area contributed by atoms with Gasteiger partial charge >= 0.3 is 0 Å². The van der Waals surface area contributed by atoms with Crippen LogP contribution in [0.25, 0.3) is 0 Å². The first-order chi connectivity index (χ1) is 9.65. The second-order valence-electron chi connectivity index (χ2n) is 4.46. The van der Waals surface area contributed by atoms with E-state index in [0.717, 1.165) is 5.56 Å². The average molecular weight is 274 g/mol. The van der Waals surface area contributed by atoms with Gasteiger partial charge in [-0.25, -0.2) is 0 Å². The zero-order chi connectivity index (χ0) is 14.4. The number of hydrogen-bond acceptors (Lipinski definition) is 4. The summed E-state index contributed by atoms with van der Waals surface area (Å²) in [4.78, 5) is 11.6. The Morgan fingerprint density at radius 2 is 2.25 bits per heavy atom. The lowest BCUT2D eigenvalue weighted by atomic mass is 10.3. The molecule has 0 atom stereocenters. The highest BCUT2D eigenvalue weighted by Gasteiger charge is 2.04. The molecule has 0 fully saturated rings. The number of rotatable bonds is 6. The largest absolute Gasteiger partial charge is 0.482 e. The minimum atomic E-state index is -0.183. The molecule has 0 unspecified atom stereocenters. The molecule has 0 bridgehead atoms. The summed E-state index contributed by atoms with van der Waals surface area (Å²) < 4.78 is 7.13. The van der Waals surface area contributed by atoms with Crippen LogP contribution in [0.2, 0.25) is 0 Å². The van der Waals surface area contributed by atoms with E-state index in [1.165, 1.54) is 0 Å². The van der Waals surface area contributed by atoms with E-state index in [-0.39, 0.29) is 12.5 Å². The molecule has 0 aliphatic heterocycles. The number of nitrogen functional groups attached to an aromatic ring is 1. The normalized spacial score (nSPS) is 10.2. The lowest BCUT2D eigenvalue weighted by molar-refractivity contribution is -0.123. The van der Waals surface area contributed by atoms with Crippen LogP contribution in [0.5, 0.6) is 5.75 Å². The van der Waals surface area contributed by atoms with E-state index in [2.05, 4.69) is 10.4 Å². The summed E-state index contributed by atoms with van der Waals surface area (Å²) in [5.41, 5.74) is 7.33. The highest BCUT2D eigenvalue weighted by Crippen LogP contribution is 2.19. The van der Waals surface area contributed by atoms with Crippen molar-refractivity contribution in [3.05, 3.63) is 42.2 Å². The molecule has 1 aromatic carbocycles. The maximum atomic E-state index is 11.6. The van der Waals surface area contributed by atoms with Gasteiger partial charge in [-0.15, -0.1) is 0 Å². The molecule has 0 saturated heterocycles. The minimum absolute atomic E-state index is 0.0493. The van der Waals surface area contributed by atoms with Crippen molar-refractivity contribution in [2.75, 3.05) is 18.9 Å². The Morgan fingerprint density at radius 1 is 1.45 bits per heavy atom. The predicted octanol–water partition coefficient (Wildman–Crippen LogP) is 0.969. The summed E-state index contributed by atoms with van der Waals surface area (Å²) in [7, 11) is 0. The quantitative estimate of drug-likeness (QED) is 0.769. The fourth-order valence-corrected chi connectivity index (χ4v) is 1.71. The molecule has 2 aromatic rings. The second kappa shape index (κ2) is 6.60. The molecule has 1 aromatic heterocycles. The molecular formula is C14H18N4O2. The number of nitrogens with zero attached hydrogens (tertiary/aromatic N) is 2. The predicted molar refractivity (Wildman–Crippen MR) is 76.3 cm³/mol. The van der Waals surface area contributed by atoms with Gasteiger partial charge in [-0.1, -0.05) is 12.1 Å². The third kappa shape index (κ3) is 4.01. The van der Waals surface area contributed by atoms with Crippen LogP contribution in [0, 0.1) is 6.92 Å². The number of amides is 1. The lowest BCUT2D eigenvalue weighted by Gasteiger charge is -2.09. The monoisotopic (exact) mass is 274 g/mol. The first kappa shape index (κ1) is 13.9. The molecule has 1 heterocycles. The molecule has 0 spiro atoms. The van der Waals surface area contributed by atoms with E-state index >= 15 is 0 Å². The summed E-state index contributed by atoms with van der Waals surface area (Å²) >= 11 is 0. The van der Waals surface area contributed by atoms with Crippen LogP contribution in [0.4, 0.5) is 5.69 Å². The fraction of sp³-hybridized carbons (Fsp3) is 0.286. The Balaban J connectivity index is 1.69. The fourth-order valence-electron chi connectivity index (χ4n) is 1.71. The maximum Gasteiger partial charge on any atom is 0.258 e. The maximum absolute atomic E-state index is 11.6. The van der Waals surface area contributed by atoms with Crippen LogP contribution in [0.1, 0.15) is 5.56 Å². The highest BCUT2D eigenvalue weighted by molar-refractivity contribution is 5.77. The number of hydrogen-bond donors (Lipinski definition) is 2. The molecule has 0 radical (unpaired) electrons. The van der Waals surface area contributed by atoms with Gasteiger partial charge in [0.25, 0.3) is 5.91 Å². The molecule has 6 heteroatoms. The number of para-hydroxylation sites is 2. The molecule has 3 N–H and O–H groups in total. The van der Waals surface area contributed by atoms with E-state index in [4.69, 9.17) is 10.5 Å². The van der Waals surface area contributed by atoms with Crippen molar-refractivity contribution < 1.29 is 9.53 Å². The van der Waals surface area contributed by atoms with E-state index in [1.54, 1.807) is 23.0 Å². The van der Waals surface area contributed by atoms with Crippen LogP contribution in [-0.2, 0) is 11.3 Å². The van der Waals surface area contributed by atoms with E-state index < -0.39 is 0 Å². The Labute approximate surface area is 117 Å². The molecule has 1 amide bonds. The minimum Gasteiger partial charge on any atom is -0.482 e. The topological polar surface area (TPSA) is 82.2 Å². The zero-order valence-corrected chi connectivity index (χ0v) is 11.4. The standard InChI is InChI=1S/C14H18N4O2/c1-11-8-17-18(9-11)7-6-16-14(19)10-20-13-5-3-2-4-12(13)15/h2-5,8-9H,6-7,10,15H2,1H3,(H,16,19). The van der Waals surface area contributed by atoms with Gasteiger partial charge in [0, 0.05) is 12.7 Å². The summed E-state index contributed by atoms with van der Waals surface area (Å²) in [6, 6.07) is 7.08. The van der Waals surface area contributed by atoms with E-state index in [0.29, 0.717) is 24.5 Å². The number of nitrogens with two attached hydrogens (primary N) is 1. The molecule has 0 saturated carbocycles. The van der Waals surface area contributed by atoms with Crippen LogP contribution in [0.15, 0.2) is 36.7 Å². The lowest BCUT2D eigenvalue weighted by Crippen LogP contribution is -2.31. The number of ether oxygens (including phenoxy) is 1. The third-order valence-electron chi connectivity index (χ3n) is 2.70. The number of anilines is 1. The average Bonchev–Trinajstić information content (AvgIpc) is 2.83. The van der Waals surface area contributed by atoms with Gasteiger partial charge in [0.1, 0.15) is 5.75 Å². The van der Waals surface area contributed by atoms with Gasteiger partial charge in [0.15, 0.2) is 6.61 Å². The molecular weight excluding hydrogens is 256 g/mol. The number of benzene rings is 1. The summed E-state index contributed by atoms with van der Waals surface area (Å²) in [5, 5.41) is 6.90. The van der Waals surface area contributed by atoms with E-state index in [1.807, 2.05) is 25.3 Å². The zero-order valence-electron chi connectivity index (χ0n) is 11.4. The Bertz CT molecular complexity index is 580.